The van der Waals surface area contributed by atoms with Crippen molar-refractivity contribution in [3.8, 4) is 16.9 Å². The number of ether oxygens (including phenoxy) is 1. The third kappa shape index (κ3) is 4.60. The van der Waals surface area contributed by atoms with Crippen LogP contribution < -0.4 is 4.74 Å². The predicted molar refractivity (Wildman–Crippen MR) is 118 cm³/mol. The monoisotopic (exact) mass is 418 g/mol. The van der Waals surface area contributed by atoms with Gasteiger partial charge in [-0.2, -0.15) is 5.10 Å². The third-order valence-corrected chi connectivity index (χ3v) is 5.75. The zero-order valence-corrected chi connectivity index (χ0v) is 17.7. The Morgan fingerprint density at radius 3 is 2.35 bits per heavy atom. The van der Waals surface area contributed by atoms with Crippen molar-refractivity contribution < 1.29 is 14.3 Å². The average molecular weight is 418 g/mol. The molecule has 1 aliphatic heterocycles. The van der Waals surface area contributed by atoms with E-state index >= 15 is 0 Å². The number of carbonyl (C=O) groups excluding carboxylic acids is 2. The number of nitrogens with zero attached hydrogens (tertiary/aromatic N) is 3. The second-order valence-electron chi connectivity index (χ2n) is 7.81. The number of rotatable bonds is 5. The maximum absolute atomic E-state index is 12.9. The topological polar surface area (TPSA) is 78.5 Å². The molecule has 1 fully saturated rings. The number of likely N-dealkylation sites (N-methyl/N-ethyl adjacent to an activating group) is 1. The molecule has 0 aliphatic carbocycles. The van der Waals surface area contributed by atoms with Gasteiger partial charge >= 0.3 is 0 Å². The summed E-state index contributed by atoms with van der Waals surface area (Å²) in [6.07, 6.45) is 2.14. The Hall–Kier alpha value is -3.61. The molecule has 0 bridgehead atoms. The Balaban J connectivity index is 1.49. The van der Waals surface area contributed by atoms with Crippen LogP contribution in [-0.4, -0.2) is 65.6 Å². The molecular formula is C24H26N4O3. The summed E-state index contributed by atoms with van der Waals surface area (Å²) in [4.78, 5) is 29.2. The van der Waals surface area contributed by atoms with E-state index in [0.717, 1.165) is 22.4 Å². The smallest absolute Gasteiger partial charge is 0.271 e. The molecule has 7 nitrogen and oxygen atoms in total. The van der Waals surface area contributed by atoms with Gasteiger partial charge in [0.1, 0.15) is 11.4 Å². The van der Waals surface area contributed by atoms with Crippen molar-refractivity contribution in [1.29, 1.82) is 0 Å². The zero-order valence-electron chi connectivity index (χ0n) is 17.7. The lowest BCUT2D eigenvalue weighted by atomic mass is 9.95. The lowest BCUT2D eigenvalue weighted by Gasteiger charge is -2.23. The molecule has 4 rings (SSSR count). The molecule has 0 radical (unpaired) electrons. The first-order valence-electron chi connectivity index (χ1n) is 10.3. The van der Waals surface area contributed by atoms with Crippen LogP contribution in [0.15, 0.2) is 60.8 Å². The molecule has 1 atom stereocenters. The van der Waals surface area contributed by atoms with Crippen LogP contribution in [0.5, 0.6) is 5.75 Å². The molecule has 1 aromatic heterocycles. The van der Waals surface area contributed by atoms with Gasteiger partial charge < -0.3 is 14.5 Å². The summed E-state index contributed by atoms with van der Waals surface area (Å²) in [5.41, 5.74) is 3.72. The first-order chi connectivity index (χ1) is 15.0. The van der Waals surface area contributed by atoms with Crippen LogP contribution in [0.25, 0.3) is 11.1 Å². The zero-order chi connectivity index (χ0) is 21.8. The van der Waals surface area contributed by atoms with Gasteiger partial charge in [0.25, 0.3) is 5.91 Å². The molecule has 1 aliphatic rings. The lowest BCUT2D eigenvalue weighted by Crippen LogP contribution is -2.37. The first kappa shape index (κ1) is 20.7. The minimum Gasteiger partial charge on any atom is -0.497 e. The Labute approximate surface area is 181 Å². The molecule has 1 saturated heterocycles. The Kier molecular flexibility index (Phi) is 6.02. The van der Waals surface area contributed by atoms with E-state index < -0.39 is 0 Å². The van der Waals surface area contributed by atoms with Crippen LogP contribution in [0.3, 0.4) is 0 Å². The quantitative estimate of drug-likeness (QED) is 0.691. The normalized spacial score (nSPS) is 16.8. The molecular weight excluding hydrogens is 392 g/mol. The van der Waals surface area contributed by atoms with E-state index in [-0.39, 0.29) is 17.7 Å². The average Bonchev–Trinajstić information content (AvgIpc) is 3.31. The summed E-state index contributed by atoms with van der Waals surface area (Å²) in [5.74, 6) is 0.483. The van der Waals surface area contributed by atoms with Gasteiger partial charge in [-0.3, -0.25) is 14.7 Å². The number of carbonyl (C=O) groups is 2. The minimum absolute atomic E-state index is 0.0686. The summed E-state index contributed by atoms with van der Waals surface area (Å²) < 4.78 is 5.22. The van der Waals surface area contributed by atoms with Gasteiger partial charge in [0, 0.05) is 32.9 Å². The van der Waals surface area contributed by atoms with Gasteiger partial charge in [-0.25, -0.2) is 0 Å². The predicted octanol–water partition coefficient (Wildman–Crippen LogP) is 2.86. The third-order valence-electron chi connectivity index (χ3n) is 5.75. The molecule has 31 heavy (non-hydrogen) atoms. The van der Waals surface area contributed by atoms with Gasteiger partial charge in [-0.15, -0.1) is 0 Å². The second kappa shape index (κ2) is 9.04. The molecule has 1 N–H and O–H groups in total. The maximum Gasteiger partial charge on any atom is 0.271 e. The Bertz CT molecular complexity index is 1030. The number of H-pyrrole nitrogens is 1. The van der Waals surface area contributed by atoms with E-state index in [2.05, 4.69) is 34.5 Å². The van der Waals surface area contributed by atoms with Crippen LogP contribution in [0, 0.1) is 5.92 Å². The standard InChI is InChI=1S/C24H26N4O3/c1-27-13-14-28(24(30)22-11-12-25-26-22)16-20(23(27)29)15-17-3-5-18(6-4-17)19-7-9-21(31-2)10-8-19/h3-12,20H,13-16H2,1-2H3,(H,25,26)/t20-/m1/s1. The van der Waals surface area contributed by atoms with Gasteiger partial charge in [-0.1, -0.05) is 36.4 Å². The number of benzene rings is 2. The number of hydrogen-bond acceptors (Lipinski definition) is 4. The number of aromatic nitrogens is 2. The summed E-state index contributed by atoms with van der Waals surface area (Å²) in [7, 11) is 3.45. The van der Waals surface area contributed by atoms with E-state index in [9.17, 15) is 9.59 Å². The molecule has 7 heteroatoms. The first-order valence-corrected chi connectivity index (χ1v) is 10.3. The van der Waals surface area contributed by atoms with E-state index in [1.165, 1.54) is 0 Å². The molecule has 0 unspecified atom stereocenters. The number of amides is 2. The van der Waals surface area contributed by atoms with Crippen molar-refractivity contribution >= 4 is 11.8 Å². The van der Waals surface area contributed by atoms with Crippen LogP contribution in [0.1, 0.15) is 16.1 Å². The van der Waals surface area contributed by atoms with E-state index in [1.807, 2.05) is 24.3 Å². The van der Waals surface area contributed by atoms with E-state index in [4.69, 9.17) is 4.74 Å². The Morgan fingerprint density at radius 2 is 1.74 bits per heavy atom. The maximum atomic E-state index is 12.9. The molecule has 0 spiro atoms. The molecule has 0 saturated carbocycles. The molecule has 2 aromatic carbocycles. The van der Waals surface area contributed by atoms with Gasteiger partial charge in [0.2, 0.25) is 5.91 Å². The van der Waals surface area contributed by atoms with Crippen molar-refractivity contribution in [3.63, 3.8) is 0 Å². The fourth-order valence-electron chi connectivity index (χ4n) is 3.91. The summed E-state index contributed by atoms with van der Waals surface area (Å²) in [6.45, 7) is 1.42. The summed E-state index contributed by atoms with van der Waals surface area (Å²) in [5, 5.41) is 6.59. The fraction of sp³-hybridized carbons (Fsp3) is 0.292. The molecule has 2 amide bonds. The highest BCUT2D eigenvalue weighted by molar-refractivity contribution is 5.93. The van der Waals surface area contributed by atoms with E-state index in [0.29, 0.717) is 31.7 Å². The highest BCUT2D eigenvalue weighted by atomic mass is 16.5. The second-order valence-corrected chi connectivity index (χ2v) is 7.81. The lowest BCUT2D eigenvalue weighted by molar-refractivity contribution is -0.133. The van der Waals surface area contributed by atoms with Crippen molar-refractivity contribution in [3.05, 3.63) is 72.1 Å². The van der Waals surface area contributed by atoms with Crippen LogP contribution in [0.2, 0.25) is 0 Å². The fourth-order valence-corrected chi connectivity index (χ4v) is 3.91. The molecule has 160 valence electrons. The summed E-state index contributed by atoms with van der Waals surface area (Å²) in [6, 6.07) is 17.8. The van der Waals surface area contributed by atoms with Crippen molar-refractivity contribution in [2.45, 2.75) is 6.42 Å². The summed E-state index contributed by atoms with van der Waals surface area (Å²) >= 11 is 0. The SMILES string of the molecule is COc1ccc(-c2ccc(C[C@@H]3CN(C(=O)c4ccn[nH]4)CCN(C)C3=O)cc2)cc1. The minimum atomic E-state index is -0.286. The van der Waals surface area contributed by atoms with Gasteiger partial charge in [-0.05, 0) is 41.3 Å². The number of nitrogens with one attached hydrogen (secondary N) is 1. The number of methoxy groups -OCH3 is 1. The molecule has 2 heterocycles. The van der Waals surface area contributed by atoms with Gasteiger partial charge in [0.15, 0.2) is 0 Å². The van der Waals surface area contributed by atoms with Crippen molar-refractivity contribution in [2.24, 2.45) is 5.92 Å². The molecule has 3 aromatic rings. The largest absolute Gasteiger partial charge is 0.497 e. The number of hydrogen-bond donors (Lipinski definition) is 1. The highest BCUT2D eigenvalue weighted by Gasteiger charge is 2.31. The van der Waals surface area contributed by atoms with Crippen LogP contribution in [-0.2, 0) is 11.2 Å². The van der Waals surface area contributed by atoms with Crippen LogP contribution in [0.4, 0.5) is 0 Å². The highest BCUT2D eigenvalue weighted by Crippen LogP contribution is 2.24. The van der Waals surface area contributed by atoms with Crippen molar-refractivity contribution in [1.82, 2.24) is 20.0 Å². The van der Waals surface area contributed by atoms with Gasteiger partial charge in [0.05, 0.1) is 13.0 Å². The Morgan fingerprint density at radius 1 is 1.06 bits per heavy atom. The number of aromatic amines is 1. The van der Waals surface area contributed by atoms with E-state index in [1.54, 1.807) is 36.2 Å². The van der Waals surface area contributed by atoms with Crippen LogP contribution >= 0.6 is 0 Å². The van der Waals surface area contributed by atoms with Crippen molar-refractivity contribution in [2.75, 3.05) is 33.8 Å².